The number of piperazine rings is 1. The summed E-state index contributed by atoms with van der Waals surface area (Å²) in [6.45, 7) is 4.71. The highest BCUT2D eigenvalue weighted by Gasteiger charge is 2.34. The van der Waals surface area contributed by atoms with Crippen molar-refractivity contribution in [3.8, 4) is 5.75 Å². The number of hydrazine groups is 1. The molecule has 1 atom stereocenters. The van der Waals surface area contributed by atoms with E-state index in [0.717, 1.165) is 24.5 Å². The molecule has 14 heteroatoms. The Hall–Kier alpha value is -3.39. The molecule has 5 rings (SSSR count). The Morgan fingerprint density at radius 3 is 2.64 bits per heavy atom. The van der Waals surface area contributed by atoms with Gasteiger partial charge in [0.15, 0.2) is 17.3 Å². The van der Waals surface area contributed by atoms with Crippen LogP contribution in [0.15, 0.2) is 22.4 Å². The fourth-order valence-electron chi connectivity index (χ4n) is 4.34. The van der Waals surface area contributed by atoms with Gasteiger partial charge in [-0.1, -0.05) is 0 Å². The van der Waals surface area contributed by atoms with Crippen LogP contribution in [-0.2, 0) is 6.18 Å². The topological polar surface area (TPSA) is 91.7 Å². The molecular weight excluding hydrogens is 504 g/mol. The molecule has 0 aliphatic carbocycles. The van der Waals surface area contributed by atoms with Crippen LogP contribution in [0.4, 0.5) is 28.4 Å². The Morgan fingerprint density at radius 1 is 1.25 bits per heavy atom. The molecule has 1 saturated heterocycles. The van der Waals surface area contributed by atoms with Gasteiger partial charge in [0, 0.05) is 37.8 Å². The van der Waals surface area contributed by atoms with Gasteiger partial charge in [0.1, 0.15) is 17.9 Å². The first kappa shape index (κ1) is 24.3. The number of rotatable bonds is 4. The van der Waals surface area contributed by atoms with Crippen LogP contribution in [0.5, 0.6) is 5.75 Å². The first-order valence-corrected chi connectivity index (χ1v) is 12.0. The van der Waals surface area contributed by atoms with Crippen LogP contribution in [0.2, 0.25) is 0 Å². The Kier molecular flexibility index (Phi) is 6.03. The summed E-state index contributed by atoms with van der Waals surface area (Å²) in [5, 5.41) is 0.575. The number of carbonyl (C=O) groups excluding carboxylic acids is 1. The van der Waals surface area contributed by atoms with E-state index in [0.29, 0.717) is 35.6 Å². The largest absolute Gasteiger partial charge is 0.487 e. The number of hydrogen-bond donors (Lipinski definition) is 2. The molecule has 1 amide bonds. The lowest BCUT2D eigenvalue weighted by Crippen LogP contribution is -2.45. The van der Waals surface area contributed by atoms with Crippen LogP contribution in [0.3, 0.4) is 0 Å². The molecule has 0 saturated carbocycles. The van der Waals surface area contributed by atoms with Crippen LogP contribution in [0, 0.1) is 5.82 Å². The molecule has 2 aliphatic rings. The van der Waals surface area contributed by atoms with Crippen molar-refractivity contribution < 1.29 is 27.1 Å². The van der Waals surface area contributed by atoms with E-state index in [2.05, 4.69) is 20.7 Å². The predicted molar refractivity (Wildman–Crippen MR) is 126 cm³/mol. The maximum absolute atomic E-state index is 15.4. The number of halogens is 4. The maximum atomic E-state index is 15.4. The van der Waals surface area contributed by atoms with E-state index < -0.39 is 29.0 Å². The number of carbonyl (C=O) groups is 1. The second-order valence-corrected chi connectivity index (χ2v) is 9.63. The number of alkyl halides is 3. The molecule has 1 unspecified atom stereocenters. The molecule has 0 bridgehead atoms. The van der Waals surface area contributed by atoms with Gasteiger partial charge in [-0.2, -0.15) is 13.2 Å². The van der Waals surface area contributed by atoms with Gasteiger partial charge in [-0.05, 0) is 20.0 Å². The third-order valence-electron chi connectivity index (χ3n) is 6.28. The van der Waals surface area contributed by atoms with E-state index >= 15 is 4.39 Å². The summed E-state index contributed by atoms with van der Waals surface area (Å²) in [7, 11) is 1.99. The summed E-state index contributed by atoms with van der Waals surface area (Å²) in [6.07, 6.45) is -3.25. The minimum atomic E-state index is -4.62. The maximum Gasteiger partial charge on any atom is 0.434 e. The normalized spacial score (nSPS) is 18.3. The Morgan fingerprint density at radius 2 is 1.97 bits per heavy atom. The van der Waals surface area contributed by atoms with Crippen molar-refractivity contribution in [3.05, 3.63) is 44.9 Å². The number of hydrogen-bond acceptors (Lipinski definition) is 8. The summed E-state index contributed by atoms with van der Waals surface area (Å²) in [4.78, 5) is 33.5. The lowest BCUT2D eigenvalue weighted by atomic mass is 10.0. The summed E-state index contributed by atoms with van der Waals surface area (Å²) in [5.74, 6) is -1.26. The fraction of sp³-hybridized carbons (Fsp3) is 0.409. The number of pyridine rings is 1. The lowest BCUT2D eigenvalue weighted by Gasteiger charge is -2.37. The summed E-state index contributed by atoms with van der Waals surface area (Å²) < 4.78 is 61.3. The van der Waals surface area contributed by atoms with Gasteiger partial charge in [0.05, 0.1) is 16.9 Å². The number of anilines is 2. The molecule has 2 aromatic heterocycles. The van der Waals surface area contributed by atoms with Crippen molar-refractivity contribution in [2.75, 3.05) is 50.2 Å². The third kappa shape index (κ3) is 4.23. The molecule has 9 nitrogen and oxygen atoms in total. The molecule has 0 spiro atoms. The van der Waals surface area contributed by atoms with E-state index in [-0.39, 0.29) is 34.5 Å². The van der Waals surface area contributed by atoms with Crippen LogP contribution in [0.25, 0.3) is 10.9 Å². The zero-order valence-electron chi connectivity index (χ0n) is 19.3. The minimum absolute atomic E-state index is 0.0202. The lowest BCUT2D eigenvalue weighted by molar-refractivity contribution is -0.140. The molecule has 3 aromatic rings. The van der Waals surface area contributed by atoms with E-state index in [1.165, 1.54) is 6.20 Å². The highest BCUT2D eigenvalue weighted by Crippen LogP contribution is 2.42. The first-order chi connectivity index (χ1) is 17.0. The van der Waals surface area contributed by atoms with Crippen LogP contribution in [-0.4, -0.2) is 60.2 Å². The van der Waals surface area contributed by atoms with Gasteiger partial charge in [-0.15, -0.1) is 11.3 Å². The predicted octanol–water partition coefficient (Wildman–Crippen LogP) is 3.08. The van der Waals surface area contributed by atoms with Crippen LogP contribution in [0.1, 0.15) is 29.0 Å². The van der Waals surface area contributed by atoms with Crippen molar-refractivity contribution in [1.29, 1.82) is 0 Å². The standard InChI is InChI=1S/C22H22F4N6O3S/c1-11-9-35-19-16-12(7-14(23)17(19)31-5-3-30(2)4-6-31)18(33)13(8-32(11)16)20(34)28-29-21-27-15(10-36-21)22(24,25)26/h7-8,10-11H,3-6,9H2,1-2H3,(H,27,29)(H,28,34). The Labute approximate surface area is 206 Å². The van der Waals surface area contributed by atoms with Gasteiger partial charge in [0.25, 0.3) is 5.91 Å². The fourth-order valence-corrected chi connectivity index (χ4v) is 5.01. The number of benzene rings is 1. The Balaban J connectivity index is 1.51. The molecule has 4 heterocycles. The van der Waals surface area contributed by atoms with Crippen molar-refractivity contribution in [2.45, 2.75) is 19.1 Å². The Bertz CT molecular complexity index is 1400. The number of ether oxygens (including phenoxy) is 1. The number of likely N-dealkylation sites (N-methyl/N-ethyl adjacent to an activating group) is 1. The van der Waals surface area contributed by atoms with Crippen molar-refractivity contribution in [1.82, 2.24) is 19.9 Å². The van der Waals surface area contributed by atoms with E-state index in [1.54, 1.807) is 4.57 Å². The molecule has 36 heavy (non-hydrogen) atoms. The molecule has 1 aromatic carbocycles. The summed E-state index contributed by atoms with van der Waals surface area (Å²) in [5.41, 5.74) is 3.07. The third-order valence-corrected chi connectivity index (χ3v) is 7.04. The quantitative estimate of drug-likeness (QED) is 0.399. The van der Waals surface area contributed by atoms with Gasteiger partial charge in [-0.25, -0.2) is 9.37 Å². The number of amides is 1. The molecule has 0 radical (unpaired) electrons. The van der Waals surface area contributed by atoms with Gasteiger partial charge in [0.2, 0.25) is 10.6 Å². The molecule has 1 fully saturated rings. The molecule has 192 valence electrons. The zero-order valence-corrected chi connectivity index (χ0v) is 20.1. The average molecular weight is 527 g/mol. The summed E-state index contributed by atoms with van der Waals surface area (Å²) in [6, 6.07) is 0.854. The second-order valence-electron chi connectivity index (χ2n) is 8.78. The van der Waals surface area contributed by atoms with E-state index in [4.69, 9.17) is 4.74 Å². The molecule has 2 aliphatic heterocycles. The van der Waals surface area contributed by atoms with Crippen LogP contribution < -0.4 is 25.9 Å². The molecule has 2 N–H and O–H groups in total. The van der Waals surface area contributed by atoms with E-state index in [9.17, 15) is 22.8 Å². The number of nitrogens with zero attached hydrogens (tertiary/aromatic N) is 4. The molecular formula is C22H22F4N6O3S. The smallest absolute Gasteiger partial charge is 0.434 e. The van der Waals surface area contributed by atoms with Crippen molar-refractivity contribution in [2.24, 2.45) is 0 Å². The highest BCUT2D eigenvalue weighted by molar-refractivity contribution is 7.13. The van der Waals surface area contributed by atoms with E-state index in [1.807, 2.05) is 18.9 Å². The number of thiazole rings is 1. The summed E-state index contributed by atoms with van der Waals surface area (Å²) >= 11 is 0.643. The first-order valence-electron chi connectivity index (χ1n) is 11.1. The van der Waals surface area contributed by atoms with Gasteiger partial charge >= 0.3 is 6.18 Å². The highest BCUT2D eigenvalue weighted by atomic mass is 32.1. The van der Waals surface area contributed by atoms with Crippen molar-refractivity contribution in [3.63, 3.8) is 0 Å². The number of aromatic nitrogens is 2. The zero-order chi connectivity index (χ0) is 25.8. The van der Waals surface area contributed by atoms with Gasteiger partial charge < -0.3 is 19.1 Å². The monoisotopic (exact) mass is 526 g/mol. The second kappa shape index (κ2) is 8.92. The number of nitrogens with one attached hydrogen (secondary N) is 2. The minimum Gasteiger partial charge on any atom is -0.487 e. The van der Waals surface area contributed by atoms with Gasteiger partial charge in [-0.3, -0.25) is 20.4 Å². The van der Waals surface area contributed by atoms with Crippen LogP contribution >= 0.6 is 11.3 Å². The van der Waals surface area contributed by atoms with Crippen molar-refractivity contribution >= 4 is 39.0 Å². The average Bonchev–Trinajstić information content (AvgIpc) is 3.32. The SMILES string of the molecule is CC1COc2c(N3CCN(C)CC3)c(F)cc3c(=O)c(C(=O)NNc4nc(C(F)(F)F)cs4)cn1c23.